The molecule has 0 N–H and O–H groups in total. The van der Waals surface area contributed by atoms with Crippen molar-refractivity contribution in [2.75, 3.05) is 9.80 Å². The molecule has 0 saturated heterocycles. The molecule has 2 spiro atoms. The molecule has 0 bridgehead atoms. The second-order valence-corrected chi connectivity index (χ2v) is 40.8. The van der Waals surface area contributed by atoms with Crippen LogP contribution in [0.5, 0.6) is 0 Å². The van der Waals surface area contributed by atoms with Gasteiger partial charge in [-0.3, -0.25) is 0 Å². The molecule has 0 saturated carbocycles. The van der Waals surface area contributed by atoms with E-state index in [2.05, 4.69) is 557 Å². The van der Waals surface area contributed by atoms with Crippen molar-refractivity contribution < 1.29 is 0 Å². The van der Waals surface area contributed by atoms with Crippen molar-refractivity contribution in [3.63, 3.8) is 0 Å². The number of hydrogen-bond donors (Lipinski definition) is 0. The van der Waals surface area contributed by atoms with Crippen molar-refractivity contribution in [1.29, 1.82) is 0 Å². The van der Waals surface area contributed by atoms with Crippen molar-refractivity contribution in [3.8, 4) is 89.0 Å². The zero-order chi connectivity index (χ0) is 94.2. The second kappa shape index (κ2) is 33.9. The van der Waals surface area contributed by atoms with Crippen LogP contribution in [0.3, 0.4) is 0 Å². The predicted molar refractivity (Wildman–Crippen MR) is 599 cm³/mol. The van der Waals surface area contributed by atoms with E-state index < -0.39 is 16.2 Å². The Balaban J connectivity index is 0.000000143. The molecule has 0 amide bonds. The molecule has 2 nitrogen and oxygen atoms in total. The summed E-state index contributed by atoms with van der Waals surface area (Å²) in [7, 11) is 0. The summed E-state index contributed by atoms with van der Waals surface area (Å²) < 4.78 is 5.29. The fourth-order valence-electron chi connectivity index (χ4n) is 24.8. The molecule has 4 heteroatoms. The number of nitrogens with zero attached hydrogens (tertiary/aromatic N) is 2. The first-order valence-corrected chi connectivity index (χ1v) is 50.9. The molecule has 0 atom stereocenters. The van der Waals surface area contributed by atoms with Crippen LogP contribution in [-0.4, -0.2) is 0 Å². The minimum Gasteiger partial charge on any atom is -0.311 e. The summed E-state index contributed by atoms with van der Waals surface area (Å²) in [6, 6.07) is 199. The van der Waals surface area contributed by atoms with Gasteiger partial charge in [0.05, 0.1) is 16.2 Å². The monoisotopic (exact) mass is 1840 g/mol. The minimum absolute atomic E-state index is 0.134. The minimum atomic E-state index is -0.569. The highest BCUT2D eigenvalue weighted by Gasteiger charge is 2.58. The number of anilines is 6. The van der Waals surface area contributed by atoms with Crippen molar-refractivity contribution in [1.82, 2.24) is 0 Å². The van der Waals surface area contributed by atoms with Crippen LogP contribution in [0.1, 0.15) is 91.7 Å². The van der Waals surface area contributed by atoms with Crippen molar-refractivity contribution in [3.05, 3.63) is 612 Å². The fraction of sp³-hybridized carbons (Fsp3) is 0.0435. The Morgan fingerprint density at radius 2 is 0.387 bits per heavy atom. The lowest BCUT2D eigenvalue weighted by Gasteiger charge is -2.50. The molecule has 0 radical (unpaired) electrons. The summed E-state index contributed by atoms with van der Waals surface area (Å²) in [5.41, 5.74) is 43.3. The standard InChI is InChI=1S/C74H49NS.C64H45NS/c1-4-19-50(20-5-1)51-35-42-57(43-36-51)75(58-44-37-52(38-45-58)54-41-48-71-63(49-54)61-25-11-17-34-70(61)76-71)59-46-39-53(40-47-59)60-27-18-33-69-72(60)62-26-10-12-28-64(62)74(69)67-31-15-13-29-65(67)73(55-21-6-2-7-22-55,56-23-8-3-9-24-56)66-30-14-16-32-68(66)74;1-63(2)55-21-9-11-23-57(55)64(58-24-12-10-22-56(58)63)54-20-8-6-18-52(54)62-50(19-14-25-59(62)64)45-31-38-49(39-32-45)65(47-34-27-43(28-35-47)42-15-4-3-5-16-42)48-36-29-44(30-37-48)46-33-40-61-53(41-46)51-17-7-13-26-60(51)66-61/h1-49H;3-41H,1-2H3. The van der Waals surface area contributed by atoms with Gasteiger partial charge in [-0.05, 0) is 276 Å². The van der Waals surface area contributed by atoms with E-state index in [1.165, 1.54) is 207 Å². The topological polar surface area (TPSA) is 6.48 Å². The quantitative estimate of drug-likeness (QED) is 0.107. The van der Waals surface area contributed by atoms with Crippen LogP contribution < -0.4 is 9.80 Å². The van der Waals surface area contributed by atoms with Gasteiger partial charge in [-0.25, -0.2) is 0 Å². The molecule has 142 heavy (non-hydrogen) atoms. The summed E-state index contributed by atoms with van der Waals surface area (Å²) in [6.07, 6.45) is 0. The van der Waals surface area contributed by atoms with Gasteiger partial charge >= 0.3 is 0 Å². The molecule has 0 fully saturated rings. The third-order valence-electron chi connectivity index (χ3n) is 31.0. The molecule has 0 unspecified atom stereocenters. The zero-order valence-corrected chi connectivity index (χ0v) is 80.2. The molecule has 28 rings (SSSR count). The number of benzene rings is 22. The predicted octanol–water partition coefficient (Wildman–Crippen LogP) is 37.1. The summed E-state index contributed by atoms with van der Waals surface area (Å²) in [5.74, 6) is 0. The second-order valence-electron chi connectivity index (χ2n) is 38.6. The van der Waals surface area contributed by atoms with Gasteiger partial charge in [-0.1, -0.05) is 438 Å². The van der Waals surface area contributed by atoms with Gasteiger partial charge in [-0.15, -0.1) is 22.7 Å². The van der Waals surface area contributed by atoms with Gasteiger partial charge in [-0.2, -0.15) is 0 Å². The largest absolute Gasteiger partial charge is 0.311 e. The smallest absolute Gasteiger partial charge is 0.0720 e. The number of hydrogen-bond acceptors (Lipinski definition) is 4. The zero-order valence-electron chi connectivity index (χ0n) is 78.5. The molecule has 668 valence electrons. The van der Waals surface area contributed by atoms with E-state index in [4.69, 9.17) is 0 Å². The first-order valence-electron chi connectivity index (χ1n) is 49.3. The van der Waals surface area contributed by atoms with E-state index in [0.29, 0.717) is 0 Å². The molecule has 2 aromatic heterocycles. The summed E-state index contributed by atoms with van der Waals surface area (Å²) in [4.78, 5) is 4.77. The van der Waals surface area contributed by atoms with Gasteiger partial charge < -0.3 is 9.80 Å². The lowest BCUT2D eigenvalue weighted by atomic mass is 9.51. The molecule has 0 aliphatic heterocycles. The van der Waals surface area contributed by atoms with Crippen molar-refractivity contribution in [2.24, 2.45) is 0 Å². The Morgan fingerprint density at radius 1 is 0.155 bits per heavy atom. The Kier molecular flexibility index (Phi) is 20.1. The van der Waals surface area contributed by atoms with Crippen molar-refractivity contribution in [2.45, 2.75) is 35.5 Å². The molecular weight excluding hydrogens is 1750 g/mol. The Hall–Kier alpha value is -17.1. The lowest BCUT2D eigenvalue weighted by Crippen LogP contribution is -2.44. The first kappa shape index (κ1) is 84.2. The average molecular weight is 1840 g/mol. The number of thiophene rings is 2. The summed E-state index contributed by atoms with van der Waals surface area (Å²) in [6.45, 7) is 4.78. The van der Waals surface area contributed by atoms with E-state index in [-0.39, 0.29) is 5.41 Å². The van der Waals surface area contributed by atoms with Crippen LogP contribution in [0, 0.1) is 0 Å². The van der Waals surface area contributed by atoms with E-state index in [1.54, 1.807) is 0 Å². The van der Waals surface area contributed by atoms with Crippen LogP contribution in [0.15, 0.2) is 534 Å². The lowest BCUT2D eigenvalue weighted by molar-refractivity contribution is 0.563. The first-order chi connectivity index (χ1) is 70.2. The highest BCUT2D eigenvalue weighted by Crippen LogP contribution is 2.68. The van der Waals surface area contributed by atoms with Gasteiger partial charge in [0, 0.05) is 79.9 Å². The average Bonchev–Trinajstić information content (AvgIpc) is 1.43. The normalized spacial score (nSPS) is 13.6. The Bertz CT molecular complexity index is 8870. The number of fused-ring (bicyclic) bond motifs is 24. The SMILES string of the molecule is CC1(C)c2ccccc2C2(c3ccccc3-c3c(-c4ccc(N(c5ccc(-c6ccccc6)cc5)c5ccc(-c6ccc7sc8ccccc8c7c6)cc5)cc4)cccc32)c2ccccc21.c1ccc(-c2ccc(N(c3ccc(-c4ccc5sc6ccccc6c5c4)cc3)c3ccc(-c4cccc5c4-c4ccccc4C54c5ccccc5C(c5ccccc5)(c5ccccc5)c5ccccc54)cc3)cc2)cc1. The van der Waals surface area contributed by atoms with E-state index in [9.17, 15) is 0 Å². The van der Waals surface area contributed by atoms with Crippen LogP contribution in [0.2, 0.25) is 0 Å². The molecule has 4 aliphatic rings. The van der Waals surface area contributed by atoms with Crippen LogP contribution in [0.4, 0.5) is 34.1 Å². The van der Waals surface area contributed by atoms with Crippen molar-refractivity contribution >= 4 is 97.1 Å². The Labute approximate surface area is 836 Å². The maximum absolute atomic E-state index is 2.41. The summed E-state index contributed by atoms with van der Waals surface area (Å²) in [5, 5.41) is 5.27. The Morgan fingerprint density at radius 3 is 0.732 bits per heavy atom. The van der Waals surface area contributed by atoms with Crippen LogP contribution >= 0.6 is 22.7 Å². The maximum atomic E-state index is 2.41. The van der Waals surface area contributed by atoms with Gasteiger partial charge in [0.2, 0.25) is 0 Å². The highest BCUT2D eigenvalue weighted by atomic mass is 32.1. The third kappa shape index (κ3) is 13.1. The van der Waals surface area contributed by atoms with Gasteiger partial charge in [0.1, 0.15) is 0 Å². The molecule has 22 aromatic carbocycles. The summed E-state index contributed by atoms with van der Waals surface area (Å²) >= 11 is 3.72. The van der Waals surface area contributed by atoms with Gasteiger partial charge in [0.25, 0.3) is 0 Å². The maximum Gasteiger partial charge on any atom is 0.0720 e. The van der Waals surface area contributed by atoms with E-state index in [0.717, 1.165) is 34.1 Å². The van der Waals surface area contributed by atoms with Gasteiger partial charge in [0.15, 0.2) is 0 Å². The third-order valence-corrected chi connectivity index (χ3v) is 33.3. The molecule has 4 aliphatic carbocycles. The molecule has 2 heterocycles. The number of rotatable bonds is 14. The van der Waals surface area contributed by atoms with E-state index >= 15 is 0 Å². The van der Waals surface area contributed by atoms with E-state index in [1.807, 2.05) is 22.7 Å². The molecular formula is C138H94N2S2. The van der Waals surface area contributed by atoms with Crippen LogP contribution in [-0.2, 0) is 21.7 Å². The fourth-order valence-corrected chi connectivity index (χ4v) is 27.0. The highest BCUT2D eigenvalue weighted by molar-refractivity contribution is 7.26. The molecule has 24 aromatic rings. The van der Waals surface area contributed by atoms with Crippen LogP contribution in [0.25, 0.3) is 129 Å².